The van der Waals surface area contributed by atoms with Crippen LogP contribution < -0.4 is 0 Å². The molecule has 0 spiro atoms. The van der Waals surface area contributed by atoms with Crippen LogP contribution >= 0.6 is 22.6 Å². The van der Waals surface area contributed by atoms with Crippen molar-refractivity contribution in [2.45, 2.75) is 0 Å². The first-order valence-electron chi connectivity index (χ1n) is 5.67. The molecule has 0 heterocycles. The van der Waals surface area contributed by atoms with Gasteiger partial charge in [0, 0.05) is 3.57 Å². The lowest BCUT2D eigenvalue weighted by atomic mass is 9.94. The highest BCUT2D eigenvalue weighted by Crippen LogP contribution is 2.35. The van der Waals surface area contributed by atoms with Crippen molar-refractivity contribution in [3.05, 3.63) is 58.2 Å². The molecule has 0 unspecified atom stereocenters. The van der Waals surface area contributed by atoms with E-state index in [1.807, 2.05) is 0 Å². The largest absolute Gasteiger partial charge is 0.0610 e. The molecule has 0 saturated heterocycles. The van der Waals surface area contributed by atoms with Crippen LogP contribution in [0, 0.1) is 3.57 Å². The minimum Gasteiger partial charge on any atom is -0.0610 e. The fraction of sp³-hybridized carbons (Fsp3) is 0. The minimum atomic E-state index is 1.33. The zero-order chi connectivity index (χ0) is 11.4. The second-order valence-electron chi connectivity index (χ2n) is 4.40. The van der Waals surface area contributed by atoms with E-state index in [1.165, 1.54) is 35.9 Å². The Kier molecular flexibility index (Phi) is 1.89. The molecule has 0 fully saturated rings. The summed E-state index contributed by atoms with van der Waals surface area (Å²) < 4.78 is 1.33. The second kappa shape index (κ2) is 3.33. The lowest BCUT2D eigenvalue weighted by Crippen LogP contribution is -1.85. The highest BCUT2D eigenvalue weighted by molar-refractivity contribution is 14.1. The van der Waals surface area contributed by atoms with Gasteiger partial charge >= 0.3 is 0 Å². The van der Waals surface area contributed by atoms with Crippen LogP contribution in [0.4, 0.5) is 0 Å². The Morgan fingerprint density at radius 3 is 1.94 bits per heavy atom. The average molecular weight is 328 g/mol. The SMILES string of the molecule is Ic1ccc2ccc3cccc4ccc1c2c34. The van der Waals surface area contributed by atoms with E-state index in [0.717, 1.165) is 0 Å². The monoisotopic (exact) mass is 328 g/mol. The minimum absolute atomic E-state index is 1.33. The number of hydrogen-bond donors (Lipinski definition) is 0. The van der Waals surface area contributed by atoms with E-state index in [2.05, 4.69) is 77.2 Å². The van der Waals surface area contributed by atoms with Gasteiger partial charge in [0.15, 0.2) is 0 Å². The summed E-state index contributed by atoms with van der Waals surface area (Å²) in [6, 6.07) is 19.8. The van der Waals surface area contributed by atoms with Gasteiger partial charge in [-0.3, -0.25) is 0 Å². The summed E-state index contributed by atoms with van der Waals surface area (Å²) in [7, 11) is 0. The molecule has 0 aliphatic carbocycles. The summed E-state index contributed by atoms with van der Waals surface area (Å²) in [5.74, 6) is 0. The van der Waals surface area contributed by atoms with Gasteiger partial charge in [-0.2, -0.15) is 0 Å². The van der Waals surface area contributed by atoms with Crippen molar-refractivity contribution in [3.63, 3.8) is 0 Å². The van der Waals surface area contributed by atoms with Crippen molar-refractivity contribution in [1.82, 2.24) is 0 Å². The first-order chi connectivity index (χ1) is 8.34. The van der Waals surface area contributed by atoms with Gasteiger partial charge in [-0.05, 0) is 61.0 Å². The van der Waals surface area contributed by atoms with E-state index in [0.29, 0.717) is 0 Å². The van der Waals surface area contributed by atoms with Gasteiger partial charge in [-0.15, -0.1) is 0 Å². The Morgan fingerprint density at radius 2 is 1.18 bits per heavy atom. The molecule has 0 saturated carbocycles. The van der Waals surface area contributed by atoms with Crippen molar-refractivity contribution < 1.29 is 0 Å². The van der Waals surface area contributed by atoms with E-state index in [9.17, 15) is 0 Å². The molecule has 80 valence electrons. The van der Waals surface area contributed by atoms with Gasteiger partial charge in [0.1, 0.15) is 0 Å². The standard InChI is InChI=1S/C16H9I/c17-14-9-7-12-5-4-10-2-1-3-11-6-8-13(14)16(12)15(10)11/h1-9H. The van der Waals surface area contributed by atoms with Gasteiger partial charge in [0.2, 0.25) is 0 Å². The van der Waals surface area contributed by atoms with Gasteiger partial charge in [0.05, 0.1) is 0 Å². The number of benzene rings is 4. The van der Waals surface area contributed by atoms with E-state index in [-0.39, 0.29) is 0 Å². The quantitative estimate of drug-likeness (QED) is 0.308. The molecular formula is C16H9I. The van der Waals surface area contributed by atoms with Gasteiger partial charge in [-0.25, -0.2) is 0 Å². The molecule has 0 amide bonds. The van der Waals surface area contributed by atoms with Crippen LogP contribution in [0.25, 0.3) is 32.3 Å². The smallest absolute Gasteiger partial charge is 0.0209 e. The normalized spacial score (nSPS) is 11.8. The molecule has 0 radical (unpaired) electrons. The summed E-state index contributed by atoms with van der Waals surface area (Å²) in [4.78, 5) is 0. The molecule has 4 aromatic carbocycles. The van der Waals surface area contributed by atoms with Crippen LogP contribution in [0.15, 0.2) is 54.6 Å². The molecule has 1 heteroatoms. The third-order valence-electron chi connectivity index (χ3n) is 3.48. The van der Waals surface area contributed by atoms with Gasteiger partial charge in [-0.1, -0.05) is 48.5 Å². The zero-order valence-electron chi connectivity index (χ0n) is 9.07. The van der Waals surface area contributed by atoms with Gasteiger partial charge < -0.3 is 0 Å². The maximum atomic E-state index is 2.42. The maximum absolute atomic E-state index is 2.42. The highest BCUT2D eigenvalue weighted by atomic mass is 127. The van der Waals surface area contributed by atoms with Crippen molar-refractivity contribution in [2.75, 3.05) is 0 Å². The number of halogens is 1. The van der Waals surface area contributed by atoms with Crippen LogP contribution in [0.1, 0.15) is 0 Å². The predicted molar refractivity (Wildman–Crippen MR) is 82.9 cm³/mol. The lowest BCUT2D eigenvalue weighted by molar-refractivity contribution is 1.74. The van der Waals surface area contributed by atoms with Crippen LogP contribution in [0.3, 0.4) is 0 Å². The molecule has 0 aliphatic heterocycles. The first-order valence-corrected chi connectivity index (χ1v) is 6.74. The van der Waals surface area contributed by atoms with Crippen LogP contribution in [0.5, 0.6) is 0 Å². The summed E-state index contributed by atoms with van der Waals surface area (Å²) in [6.45, 7) is 0. The van der Waals surface area contributed by atoms with Crippen molar-refractivity contribution >= 4 is 54.9 Å². The summed E-state index contributed by atoms with van der Waals surface area (Å²) in [5.41, 5.74) is 0. The summed E-state index contributed by atoms with van der Waals surface area (Å²) in [5, 5.41) is 8.19. The van der Waals surface area contributed by atoms with E-state index in [1.54, 1.807) is 0 Å². The molecule has 0 N–H and O–H groups in total. The Labute approximate surface area is 113 Å². The number of rotatable bonds is 0. The lowest BCUT2D eigenvalue weighted by Gasteiger charge is -2.11. The molecular weight excluding hydrogens is 319 g/mol. The van der Waals surface area contributed by atoms with Crippen molar-refractivity contribution in [1.29, 1.82) is 0 Å². The molecule has 0 atom stereocenters. The maximum Gasteiger partial charge on any atom is 0.0209 e. The fourth-order valence-electron chi connectivity index (χ4n) is 2.70. The van der Waals surface area contributed by atoms with Crippen LogP contribution in [-0.2, 0) is 0 Å². The van der Waals surface area contributed by atoms with Crippen molar-refractivity contribution in [3.8, 4) is 0 Å². The second-order valence-corrected chi connectivity index (χ2v) is 5.57. The third kappa shape index (κ3) is 1.23. The highest BCUT2D eigenvalue weighted by Gasteiger charge is 2.08. The molecule has 4 rings (SSSR count). The van der Waals surface area contributed by atoms with E-state index in [4.69, 9.17) is 0 Å². The number of hydrogen-bond acceptors (Lipinski definition) is 0. The summed E-state index contributed by atoms with van der Waals surface area (Å²) >= 11 is 2.42. The molecule has 17 heavy (non-hydrogen) atoms. The van der Waals surface area contributed by atoms with Gasteiger partial charge in [0.25, 0.3) is 0 Å². The van der Waals surface area contributed by atoms with Crippen LogP contribution in [-0.4, -0.2) is 0 Å². The Morgan fingerprint density at radius 1 is 0.588 bits per heavy atom. The zero-order valence-corrected chi connectivity index (χ0v) is 11.2. The third-order valence-corrected chi connectivity index (χ3v) is 4.42. The van der Waals surface area contributed by atoms with E-state index < -0.39 is 0 Å². The molecule has 0 nitrogen and oxygen atoms in total. The molecule has 0 aromatic heterocycles. The fourth-order valence-corrected chi connectivity index (χ4v) is 3.33. The molecule has 4 aromatic rings. The summed E-state index contributed by atoms with van der Waals surface area (Å²) in [6.07, 6.45) is 0. The Hall–Kier alpha value is -1.35. The molecule has 0 bridgehead atoms. The predicted octanol–water partition coefficient (Wildman–Crippen LogP) is 5.19. The van der Waals surface area contributed by atoms with E-state index >= 15 is 0 Å². The molecule has 0 aliphatic rings. The topological polar surface area (TPSA) is 0 Å². The Bertz CT molecular complexity index is 830. The van der Waals surface area contributed by atoms with Crippen molar-refractivity contribution in [2.24, 2.45) is 0 Å². The average Bonchev–Trinajstić information content (AvgIpc) is 2.38. The first kappa shape index (κ1) is 9.66. The van der Waals surface area contributed by atoms with Crippen LogP contribution in [0.2, 0.25) is 0 Å². The Balaban J connectivity index is 2.48.